The normalized spacial score (nSPS) is 16.7. The van der Waals surface area contributed by atoms with Gasteiger partial charge < -0.3 is 14.3 Å². The van der Waals surface area contributed by atoms with Gasteiger partial charge in [-0.1, -0.05) is 12.1 Å². The molecule has 0 spiro atoms. The standard InChI is InChI=1S/C19H16FN5O2/c1-24-13(6-8-23-24)19(26)25-9-7-12-16(22-10-21-12)17(25)18-15(20)11-4-2-3-5-14(11)27-18/h2-6,8,10,17H,7,9H2,1H3,(H,21,22)/t17-/m1/s1. The Bertz CT molecular complexity index is 1160. The highest BCUT2D eigenvalue weighted by molar-refractivity contribution is 5.93. The number of aryl methyl sites for hydroxylation is 1. The molecule has 27 heavy (non-hydrogen) atoms. The highest BCUT2D eigenvalue weighted by atomic mass is 19.1. The van der Waals surface area contributed by atoms with Crippen molar-refractivity contribution in [2.24, 2.45) is 7.05 Å². The molecule has 3 aromatic heterocycles. The van der Waals surface area contributed by atoms with E-state index in [0.717, 1.165) is 5.69 Å². The number of hydrogen-bond donors (Lipinski definition) is 1. The van der Waals surface area contributed by atoms with Crippen molar-refractivity contribution in [1.82, 2.24) is 24.6 Å². The predicted octanol–water partition coefficient (Wildman–Crippen LogP) is 2.82. The number of nitrogens with one attached hydrogen (secondary N) is 1. The van der Waals surface area contributed by atoms with Crippen LogP contribution in [0.3, 0.4) is 0 Å². The maximum absolute atomic E-state index is 15.2. The van der Waals surface area contributed by atoms with Crippen LogP contribution in [-0.4, -0.2) is 37.1 Å². The Morgan fingerprint density at radius 3 is 2.96 bits per heavy atom. The first kappa shape index (κ1) is 15.8. The Morgan fingerprint density at radius 2 is 2.19 bits per heavy atom. The van der Waals surface area contributed by atoms with Crippen LogP contribution in [0.1, 0.15) is 33.7 Å². The quantitative estimate of drug-likeness (QED) is 0.592. The topological polar surface area (TPSA) is 80.0 Å². The second-order valence-corrected chi connectivity index (χ2v) is 6.53. The Morgan fingerprint density at radius 1 is 1.33 bits per heavy atom. The van der Waals surface area contributed by atoms with Gasteiger partial charge in [-0.3, -0.25) is 9.48 Å². The summed E-state index contributed by atoms with van der Waals surface area (Å²) in [6, 6.07) is 7.82. The maximum Gasteiger partial charge on any atom is 0.273 e. The third-order valence-corrected chi connectivity index (χ3v) is 5.03. The summed E-state index contributed by atoms with van der Waals surface area (Å²) >= 11 is 0. The van der Waals surface area contributed by atoms with Gasteiger partial charge in [-0.15, -0.1) is 0 Å². The fraction of sp³-hybridized carbons (Fsp3) is 0.211. The zero-order valence-electron chi connectivity index (χ0n) is 14.5. The number of carbonyl (C=O) groups excluding carboxylic acids is 1. The van der Waals surface area contributed by atoms with E-state index in [1.54, 1.807) is 54.8 Å². The molecule has 1 aliphatic heterocycles. The van der Waals surface area contributed by atoms with E-state index in [1.165, 1.54) is 4.68 Å². The first-order valence-electron chi connectivity index (χ1n) is 8.63. The van der Waals surface area contributed by atoms with Gasteiger partial charge in [0.1, 0.15) is 17.3 Å². The molecule has 0 fully saturated rings. The summed E-state index contributed by atoms with van der Waals surface area (Å²) in [5, 5.41) is 4.46. The Balaban J connectivity index is 1.68. The van der Waals surface area contributed by atoms with E-state index in [-0.39, 0.29) is 11.7 Å². The number of imidazole rings is 1. The summed E-state index contributed by atoms with van der Waals surface area (Å²) in [7, 11) is 1.70. The Hall–Kier alpha value is -3.42. The average Bonchev–Trinajstić information content (AvgIpc) is 3.39. The minimum Gasteiger partial charge on any atom is -0.455 e. The van der Waals surface area contributed by atoms with Crippen LogP contribution in [0.5, 0.6) is 0 Å². The molecule has 0 radical (unpaired) electrons. The van der Waals surface area contributed by atoms with E-state index in [9.17, 15) is 4.79 Å². The van der Waals surface area contributed by atoms with Crippen molar-refractivity contribution < 1.29 is 13.6 Å². The first-order chi connectivity index (χ1) is 13.1. The van der Waals surface area contributed by atoms with Gasteiger partial charge in [-0.25, -0.2) is 9.37 Å². The zero-order valence-corrected chi connectivity index (χ0v) is 14.5. The lowest BCUT2D eigenvalue weighted by Crippen LogP contribution is -2.41. The molecule has 1 atom stereocenters. The Labute approximate surface area is 153 Å². The lowest BCUT2D eigenvalue weighted by atomic mass is 9.99. The summed E-state index contributed by atoms with van der Waals surface area (Å²) in [6.07, 6.45) is 3.74. The molecule has 0 bridgehead atoms. The summed E-state index contributed by atoms with van der Waals surface area (Å²) in [6.45, 7) is 0.417. The molecule has 7 nitrogen and oxygen atoms in total. The van der Waals surface area contributed by atoms with Crippen molar-refractivity contribution in [3.8, 4) is 0 Å². The van der Waals surface area contributed by atoms with E-state index in [4.69, 9.17) is 4.42 Å². The van der Waals surface area contributed by atoms with Gasteiger partial charge in [-0.2, -0.15) is 5.10 Å². The first-order valence-corrected chi connectivity index (χ1v) is 8.63. The number of H-pyrrole nitrogens is 1. The summed E-state index contributed by atoms with van der Waals surface area (Å²) in [4.78, 5) is 22.2. The number of nitrogens with zero attached hydrogens (tertiary/aromatic N) is 4. The number of fused-ring (bicyclic) bond motifs is 2. The van der Waals surface area contributed by atoms with Crippen LogP contribution in [0.15, 0.2) is 47.3 Å². The van der Waals surface area contributed by atoms with E-state index in [2.05, 4.69) is 15.1 Å². The fourth-order valence-electron chi connectivity index (χ4n) is 3.70. The number of aromatic nitrogens is 4. The molecule has 136 valence electrons. The lowest BCUT2D eigenvalue weighted by Gasteiger charge is -2.33. The molecule has 0 aliphatic carbocycles. The van der Waals surface area contributed by atoms with Gasteiger partial charge >= 0.3 is 0 Å². The maximum atomic E-state index is 15.2. The number of carbonyl (C=O) groups is 1. The van der Waals surface area contributed by atoms with Crippen molar-refractivity contribution >= 4 is 16.9 Å². The molecule has 4 aromatic rings. The molecule has 5 rings (SSSR count). The predicted molar refractivity (Wildman–Crippen MR) is 94.6 cm³/mol. The van der Waals surface area contributed by atoms with Crippen LogP contribution >= 0.6 is 0 Å². The molecular formula is C19H16FN5O2. The minimum absolute atomic E-state index is 0.0970. The highest BCUT2D eigenvalue weighted by Gasteiger charge is 2.39. The number of halogens is 1. The lowest BCUT2D eigenvalue weighted by molar-refractivity contribution is 0.0657. The molecule has 0 saturated heterocycles. The van der Waals surface area contributed by atoms with Gasteiger partial charge in [0.05, 0.1) is 17.4 Å². The van der Waals surface area contributed by atoms with Gasteiger partial charge in [0, 0.05) is 31.9 Å². The van der Waals surface area contributed by atoms with Crippen molar-refractivity contribution in [3.63, 3.8) is 0 Å². The average molecular weight is 365 g/mol. The number of hydrogen-bond acceptors (Lipinski definition) is 4. The molecule has 0 saturated carbocycles. The van der Waals surface area contributed by atoms with Crippen molar-refractivity contribution in [3.05, 3.63) is 71.5 Å². The number of aromatic amines is 1. The van der Waals surface area contributed by atoms with E-state index in [1.807, 2.05) is 0 Å². The smallest absolute Gasteiger partial charge is 0.273 e. The summed E-state index contributed by atoms with van der Waals surface area (Å²) in [5.41, 5.74) is 2.36. The third-order valence-electron chi connectivity index (χ3n) is 5.03. The molecule has 1 aromatic carbocycles. The van der Waals surface area contributed by atoms with E-state index >= 15 is 4.39 Å². The second-order valence-electron chi connectivity index (χ2n) is 6.53. The zero-order chi connectivity index (χ0) is 18.5. The molecular weight excluding hydrogens is 349 g/mol. The van der Waals surface area contributed by atoms with Crippen molar-refractivity contribution in [1.29, 1.82) is 0 Å². The fourth-order valence-corrected chi connectivity index (χ4v) is 3.70. The number of furan rings is 1. The van der Waals surface area contributed by atoms with E-state index < -0.39 is 11.9 Å². The van der Waals surface area contributed by atoms with Crippen LogP contribution in [0.2, 0.25) is 0 Å². The van der Waals surface area contributed by atoms with Crippen LogP contribution in [0.4, 0.5) is 4.39 Å². The van der Waals surface area contributed by atoms with Crippen LogP contribution in [0.25, 0.3) is 11.0 Å². The highest BCUT2D eigenvalue weighted by Crippen LogP contribution is 2.39. The van der Waals surface area contributed by atoms with Crippen molar-refractivity contribution in [2.75, 3.05) is 6.54 Å². The monoisotopic (exact) mass is 365 g/mol. The second kappa shape index (κ2) is 5.80. The number of amides is 1. The van der Waals surface area contributed by atoms with E-state index in [0.29, 0.717) is 35.3 Å². The largest absolute Gasteiger partial charge is 0.455 e. The van der Waals surface area contributed by atoms with Gasteiger partial charge in [0.2, 0.25) is 0 Å². The van der Waals surface area contributed by atoms with Crippen molar-refractivity contribution in [2.45, 2.75) is 12.5 Å². The SMILES string of the molecule is Cn1nccc1C(=O)N1CCc2[nH]cnc2[C@@H]1c1oc2ccccc2c1F. The molecule has 8 heteroatoms. The summed E-state index contributed by atoms with van der Waals surface area (Å²) < 4.78 is 22.5. The number of benzene rings is 1. The number of rotatable bonds is 2. The molecule has 1 N–H and O–H groups in total. The van der Waals surface area contributed by atoms with Crippen LogP contribution in [-0.2, 0) is 13.5 Å². The minimum atomic E-state index is -0.741. The van der Waals surface area contributed by atoms with Crippen LogP contribution in [0, 0.1) is 5.82 Å². The Kier molecular flexibility index (Phi) is 3.40. The van der Waals surface area contributed by atoms with Gasteiger partial charge in [0.25, 0.3) is 5.91 Å². The number of para-hydroxylation sites is 1. The van der Waals surface area contributed by atoms with Gasteiger partial charge in [0.15, 0.2) is 11.6 Å². The van der Waals surface area contributed by atoms with Gasteiger partial charge in [-0.05, 0) is 18.2 Å². The molecule has 4 heterocycles. The molecule has 0 unspecified atom stereocenters. The molecule has 1 amide bonds. The third kappa shape index (κ3) is 2.29. The van der Waals surface area contributed by atoms with Crippen LogP contribution < -0.4 is 0 Å². The molecule has 1 aliphatic rings. The summed E-state index contributed by atoms with van der Waals surface area (Å²) in [5.74, 6) is -0.609.